The molecule has 1 amide bonds. The lowest BCUT2D eigenvalue weighted by atomic mass is 9.87. The highest BCUT2D eigenvalue weighted by Gasteiger charge is 2.19. The number of halogens is 1. The molecule has 1 heterocycles. The van der Waals surface area contributed by atoms with E-state index < -0.39 is 11.9 Å². The highest BCUT2D eigenvalue weighted by molar-refractivity contribution is 5.94. The van der Waals surface area contributed by atoms with Gasteiger partial charge in [-0.15, -0.1) is 5.10 Å². The van der Waals surface area contributed by atoms with Crippen LogP contribution in [0.3, 0.4) is 0 Å². The third-order valence-electron chi connectivity index (χ3n) is 4.45. The number of ether oxygens (including phenoxy) is 1. The van der Waals surface area contributed by atoms with Crippen molar-refractivity contribution < 1.29 is 13.9 Å². The Labute approximate surface area is 168 Å². The summed E-state index contributed by atoms with van der Waals surface area (Å²) in [6.45, 7) is 9.66. The zero-order valence-corrected chi connectivity index (χ0v) is 17.1. The minimum Gasteiger partial charge on any atom is -0.481 e. The number of anilines is 1. The lowest BCUT2D eigenvalue weighted by Crippen LogP contribution is -2.30. The third kappa shape index (κ3) is 4.77. The molecule has 0 bridgehead atoms. The standard InChI is InChI=1S/C21H24FN5O2/c1-13(29-17-8-6-7-15(11-17)21(3,4)5)20(28)23-16-9-10-18(22)19(12-16)27-14(2)24-25-26-27/h6-13H,1-5H3,(H,23,28). The molecule has 3 rings (SSSR count). The van der Waals surface area contributed by atoms with Crippen LogP contribution in [0.15, 0.2) is 42.5 Å². The van der Waals surface area contributed by atoms with Crippen molar-refractivity contribution in [1.29, 1.82) is 0 Å². The fraction of sp³-hybridized carbons (Fsp3) is 0.333. The number of tetrazole rings is 1. The highest BCUT2D eigenvalue weighted by atomic mass is 19.1. The van der Waals surface area contributed by atoms with Crippen LogP contribution in [0.5, 0.6) is 5.75 Å². The number of hydrogen-bond donors (Lipinski definition) is 1. The van der Waals surface area contributed by atoms with Gasteiger partial charge in [-0.05, 0) is 65.6 Å². The number of aromatic nitrogens is 4. The molecular weight excluding hydrogens is 373 g/mol. The second kappa shape index (κ2) is 7.98. The molecule has 0 aliphatic heterocycles. The number of rotatable bonds is 5. The summed E-state index contributed by atoms with van der Waals surface area (Å²) in [6, 6.07) is 11.9. The van der Waals surface area contributed by atoms with E-state index in [-0.39, 0.29) is 17.0 Å². The first kappa shape index (κ1) is 20.4. The molecule has 1 N–H and O–H groups in total. The molecular formula is C21H24FN5O2. The summed E-state index contributed by atoms with van der Waals surface area (Å²) in [7, 11) is 0. The number of amides is 1. The summed E-state index contributed by atoms with van der Waals surface area (Å²) in [5.74, 6) is 0.200. The number of nitrogens with one attached hydrogen (secondary N) is 1. The first-order valence-corrected chi connectivity index (χ1v) is 9.28. The molecule has 29 heavy (non-hydrogen) atoms. The Hall–Kier alpha value is -3.29. The van der Waals surface area contributed by atoms with Gasteiger partial charge in [0.1, 0.15) is 17.3 Å². The number of carbonyl (C=O) groups excluding carboxylic acids is 1. The molecule has 0 fully saturated rings. The van der Waals surface area contributed by atoms with Gasteiger partial charge in [0.2, 0.25) is 0 Å². The van der Waals surface area contributed by atoms with E-state index in [9.17, 15) is 9.18 Å². The van der Waals surface area contributed by atoms with E-state index >= 15 is 0 Å². The minimum absolute atomic E-state index is 0.0241. The minimum atomic E-state index is -0.742. The van der Waals surface area contributed by atoms with Crippen molar-refractivity contribution in [2.24, 2.45) is 0 Å². The number of nitrogens with zero attached hydrogens (tertiary/aromatic N) is 4. The van der Waals surface area contributed by atoms with Crippen molar-refractivity contribution in [3.8, 4) is 11.4 Å². The van der Waals surface area contributed by atoms with Gasteiger partial charge in [-0.2, -0.15) is 4.68 Å². The molecule has 3 aromatic rings. The van der Waals surface area contributed by atoms with E-state index in [4.69, 9.17) is 4.74 Å². The molecule has 0 aliphatic carbocycles. The van der Waals surface area contributed by atoms with Crippen LogP contribution in [0.2, 0.25) is 0 Å². The van der Waals surface area contributed by atoms with Crippen LogP contribution >= 0.6 is 0 Å². The molecule has 0 aliphatic rings. The summed E-state index contributed by atoms with van der Waals surface area (Å²) >= 11 is 0. The van der Waals surface area contributed by atoms with Crippen molar-refractivity contribution in [1.82, 2.24) is 20.2 Å². The summed E-state index contributed by atoms with van der Waals surface area (Å²) in [6.07, 6.45) is -0.742. The number of hydrogen-bond acceptors (Lipinski definition) is 5. The molecule has 152 valence electrons. The highest BCUT2D eigenvalue weighted by Crippen LogP contribution is 2.26. The number of benzene rings is 2. The normalized spacial score (nSPS) is 12.5. The molecule has 2 aromatic carbocycles. The quantitative estimate of drug-likeness (QED) is 0.708. The van der Waals surface area contributed by atoms with Crippen molar-refractivity contribution >= 4 is 11.6 Å². The average Bonchev–Trinajstić information content (AvgIpc) is 3.08. The maximum atomic E-state index is 14.2. The van der Waals surface area contributed by atoms with Gasteiger partial charge in [0.05, 0.1) is 0 Å². The number of aryl methyl sites for hydroxylation is 1. The molecule has 1 aromatic heterocycles. The van der Waals surface area contributed by atoms with Crippen molar-refractivity contribution in [2.75, 3.05) is 5.32 Å². The summed E-state index contributed by atoms with van der Waals surface area (Å²) in [5, 5.41) is 13.8. The Morgan fingerprint density at radius 3 is 2.62 bits per heavy atom. The van der Waals surface area contributed by atoms with Gasteiger partial charge in [0, 0.05) is 5.69 Å². The molecule has 1 unspecified atom stereocenters. The number of carbonyl (C=O) groups is 1. The van der Waals surface area contributed by atoms with Gasteiger partial charge in [0.15, 0.2) is 11.9 Å². The van der Waals surface area contributed by atoms with E-state index in [1.807, 2.05) is 24.3 Å². The molecule has 0 saturated heterocycles. The van der Waals surface area contributed by atoms with Gasteiger partial charge < -0.3 is 10.1 Å². The van der Waals surface area contributed by atoms with Crippen LogP contribution in [0.4, 0.5) is 10.1 Å². The van der Waals surface area contributed by atoms with Crippen molar-refractivity contribution in [3.05, 3.63) is 59.7 Å². The van der Waals surface area contributed by atoms with Crippen LogP contribution in [-0.2, 0) is 10.2 Å². The molecule has 1 atom stereocenters. The largest absolute Gasteiger partial charge is 0.481 e. The van der Waals surface area contributed by atoms with Crippen LogP contribution in [0.1, 0.15) is 39.1 Å². The maximum Gasteiger partial charge on any atom is 0.265 e. The topological polar surface area (TPSA) is 81.9 Å². The van der Waals surface area contributed by atoms with Gasteiger partial charge in [0.25, 0.3) is 5.91 Å². The third-order valence-corrected chi connectivity index (χ3v) is 4.45. The van der Waals surface area contributed by atoms with Gasteiger partial charge in [-0.3, -0.25) is 4.79 Å². The fourth-order valence-corrected chi connectivity index (χ4v) is 2.74. The van der Waals surface area contributed by atoms with E-state index in [1.54, 1.807) is 13.8 Å². The van der Waals surface area contributed by atoms with Gasteiger partial charge in [-0.1, -0.05) is 32.9 Å². The molecule has 0 saturated carbocycles. The zero-order chi connectivity index (χ0) is 21.2. The second-order valence-corrected chi connectivity index (χ2v) is 7.83. The van der Waals surface area contributed by atoms with E-state index in [1.165, 1.54) is 22.9 Å². The van der Waals surface area contributed by atoms with Gasteiger partial charge in [-0.25, -0.2) is 4.39 Å². The Kier molecular flexibility index (Phi) is 5.63. The Morgan fingerprint density at radius 2 is 1.97 bits per heavy atom. The lowest BCUT2D eigenvalue weighted by molar-refractivity contribution is -0.122. The van der Waals surface area contributed by atoms with Crippen LogP contribution in [-0.4, -0.2) is 32.2 Å². The Morgan fingerprint density at radius 1 is 1.21 bits per heavy atom. The first-order valence-electron chi connectivity index (χ1n) is 9.28. The van der Waals surface area contributed by atoms with E-state index in [0.29, 0.717) is 17.3 Å². The summed E-state index contributed by atoms with van der Waals surface area (Å²) < 4.78 is 21.2. The van der Waals surface area contributed by atoms with E-state index in [0.717, 1.165) is 5.56 Å². The molecule has 0 radical (unpaired) electrons. The first-order chi connectivity index (χ1) is 13.6. The molecule has 0 spiro atoms. The SMILES string of the molecule is Cc1nnnn1-c1cc(NC(=O)C(C)Oc2cccc(C(C)(C)C)c2)ccc1F. The molecule has 8 heteroatoms. The van der Waals surface area contributed by atoms with Crippen LogP contribution < -0.4 is 10.1 Å². The van der Waals surface area contributed by atoms with E-state index in [2.05, 4.69) is 41.6 Å². The monoisotopic (exact) mass is 397 g/mol. The maximum absolute atomic E-state index is 14.2. The predicted molar refractivity (Wildman–Crippen MR) is 108 cm³/mol. The molecule has 7 nitrogen and oxygen atoms in total. The summed E-state index contributed by atoms with van der Waals surface area (Å²) in [4.78, 5) is 12.6. The Bertz CT molecular complexity index is 1030. The Balaban J connectivity index is 1.73. The second-order valence-electron chi connectivity index (χ2n) is 7.83. The zero-order valence-electron chi connectivity index (χ0n) is 17.1. The fourth-order valence-electron chi connectivity index (χ4n) is 2.74. The van der Waals surface area contributed by atoms with Crippen molar-refractivity contribution in [3.63, 3.8) is 0 Å². The smallest absolute Gasteiger partial charge is 0.265 e. The van der Waals surface area contributed by atoms with Crippen molar-refractivity contribution in [2.45, 2.75) is 46.1 Å². The summed E-state index contributed by atoms with van der Waals surface area (Å²) in [5.41, 5.74) is 1.66. The van der Waals surface area contributed by atoms with Gasteiger partial charge >= 0.3 is 0 Å². The average molecular weight is 397 g/mol. The lowest BCUT2D eigenvalue weighted by Gasteiger charge is -2.21. The van der Waals surface area contributed by atoms with Crippen LogP contribution in [0.25, 0.3) is 5.69 Å². The predicted octanol–water partition coefficient (Wildman–Crippen LogP) is 3.81. The van der Waals surface area contributed by atoms with Crippen LogP contribution in [0, 0.1) is 12.7 Å².